The van der Waals surface area contributed by atoms with E-state index in [2.05, 4.69) is 4.90 Å². The number of ether oxygens (including phenoxy) is 2. The summed E-state index contributed by atoms with van der Waals surface area (Å²) in [6.07, 6.45) is 1.51. The van der Waals surface area contributed by atoms with Crippen molar-refractivity contribution in [1.82, 2.24) is 4.90 Å². The molecular formula is C10H17NO4. The monoisotopic (exact) mass is 215 g/mol. The molecule has 2 aliphatic heterocycles. The molecule has 0 saturated carbocycles. The van der Waals surface area contributed by atoms with Gasteiger partial charge in [0.15, 0.2) is 6.10 Å². The van der Waals surface area contributed by atoms with E-state index < -0.39 is 12.1 Å². The number of carboxylic acid groups (broad SMARTS) is 1. The first-order valence-electron chi connectivity index (χ1n) is 5.43. The first-order chi connectivity index (χ1) is 7.27. The maximum Gasteiger partial charge on any atom is 0.334 e. The van der Waals surface area contributed by atoms with Crippen LogP contribution in [-0.4, -0.2) is 61.0 Å². The molecule has 0 amide bonds. The van der Waals surface area contributed by atoms with Crippen LogP contribution >= 0.6 is 0 Å². The van der Waals surface area contributed by atoms with E-state index in [0.717, 1.165) is 32.6 Å². The zero-order valence-corrected chi connectivity index (χ0v) is 8.72. The molecule has 0 aromatic heterocycles. The van der Waals surface area contributed by atoms with Crippen molar-refractivity contribution in [1.29, 1.82) is 0 Å². The van der Waals surface area contributed by atoms with Crippen molar-refractivity contribution in [3.63, 3.8) is 0 Å². The number of nitrogens with zero attached hydrogens (tertiary/aromatic N) is 1. The summed E-state index contributed by atoms with van der Waals surface area (Å²) in [7, 11) is 0. The van der Waals surface area contributed by atoms with E-state index >= 15 is 0 Å². The number of carbonyl (C=O) groups is 1. The third-order valence-corrected chi connectivity index (χ3v) is 3.03. The highest BCUT2D eigenvalue weighted by Crippen LogP contribution is 2.16. The molecule has 0 radical (unpaired) electrons. The first kappa shape index (κ1) is 10.9. The van der Waals surface area contributed by atoms with Crippen LogP contribution in [0.15, 0.2) is 0 Å². The Morgan fingerprint density at radius 3 is 2.93 bits per heavy atom. The first-order valence-corrected chi connectivity index (χ1v) is 5.43. The van der Waals surface area contributed by atoms with Gasteiger partial charge in [0.05, 0.1) is 13.2 Å². The topological polar surface area (TPSA) is 59.0 Å². The number of rotatable bonds is 2. The maximum absolute atomic E-state index is 10.8. The van der Waals surface area contributed by atoms with Crippen molar-refractivity contribution in [2.24, 2.45) is 0 Å². The molecule has 2 unspecified atom stereocenters. The molecule has 2 saturated heterocycles. The summed E-state index contributed by atoms with van der Waals surface area (Å²) in [5.74, 6) is -0.864. The van der Waals surface area contributed by atoms with Gasteiger partial charge in [-0.25, -0.2) is 4.79 Å². The highest BCUT2D eigenvalue weighted by Gasteiger charge is 2.31. The zero-order valence-electron chi connectivity index (χ0n) is 8.72. The highest BCUT2D eigenvalue weighted by atomic mass is 16.5. The van der Waals surface area contributed by atoms with Gasteiger partial charge in [0, 0.05) is 25.7 Å². The van der Waals surface area contributed by atoms with E-state index in [1.54, 1.807) is 0 Å². The Bertz CT molecular complexity index is 227. The maximum atomic E-state index is 10.8. The van der Waals surface area contributed by atoms with Gasteiger partial charge < -0.3 is 14.6 Å². The third-order valence-electron chi connectivity index (χ3n) is 3.03. The highest BCUT2D eigenvalue weighted by molar-refractivity contribution is 5.72. The van der Waals surface area contributed by atoms with Crippen molar-refractivity contribution < 1.29 is 19.4 Å². The molecule has 2 fully saturated rings. The second-order valence-electron chi connectivity index (χ2n) is 4.06. The van der Waals surface area contributed by atoms with Gasteiger partial charge >= 0.3 is 5.97 Å². The van der Waals surface area contributed by atoms with E-state index in [1.165, 1.54) is 0 Å². The van der Waals surface area contributed by atoms with Crippen LogP contribution in [0.1, 0.15) is 12.8 Å². The summed E-state index contributed by atoms with van der Waals surface area (Å²) in [6, 6.07) is 0.379. The van der Waals surface area contributed by atoms with Gasteiger partial charge in [-0.05, 0) is 12.8 Å². The van der Waals surface area contributed by atoms with Crippen LogP contribution in [0.25, 0.3) is 0 Å². The van der Waals surface area contributed by atoms with Crippen LogP contribution in [0.5, 0.6) is 0 Å². The Hall–Kier alpha value is -0.650. The standard InChI is InChI=1S/C10H17NO4/c12-10(13)9-6-11(3-5-15-9)8-2-1-4-14-7-8/h8-9H,1-7H2,(H,12,13). The number of hydrogen-bond donors (Lipinski definition) is 1. The van der Waals surface area contributed by atoms with Crippen molar-refractivity contribution in [2.45, 2.75) is 25.0 Å². The summed E-state index contributed by atoms with van der Waals surface area (Å²) < 4.78 is 10.6. The lowest BCUT2D eigenvalue weighted by molar-refractivity contribution is -0.158. The van der Waals surface area contributed by atoms with E-state index in [4.69, 9.17) is 14.6 Å². The molecule has 0 aromatic carbocycles. The van der Waals surface area contributed by atoms with E-state index in [-0.39, 0.29) is 0 Å². The molecule has 0 bridgehead atoms. The Labute approximate surface area is 89.0 Å². The lowest BCUT2D eigenvalue weighted by atomic mass is 10.1. The van der Waals surface area contributed by atoms with Gasteiger partial charge in [-0.2, -0.15) is 0 Å². The summed E-state index contributed by atoms with van der Waals surface area (Å²) in [5.41, 5.74) is 0. The SMILES string of the molecule is O=C(O)C1CN(C2CCCOC2)CCO1. The molecular weight excluding hydrogens is 198 g/mol. The van der Waals surface area contributed by atoms with Crippen LogP contribution < -0.4 is 0 Å². The van der Waals surface area contributed by atoms with E-state index in [9.17, 15) is 4.79 Å². The van der Waals surface area contributed by atoms with Gasteiger partial charge in [-0.3, -0.25) is 4.90 Å². The largest absolute Gasteiger partial charge is 0.479 e. The molecule has 1 N–H and O–H groups in total. The van der Waals surface area contributed by atoms with E-state index in [1.807, 2.05) is 0 Å². The average molecular weight is 215 g/mol. The number of hydrogen-bond acceptors (Lipinski definition) is 4. The molecule has 0 aromatic rings. The van der Waals surface area contributed by atoms with E-state index in [0.29, 0.717) is 19.2 Å². The molecule has 2 atom stereocenters. The fourth-order valence-electron chi connectivity index (χ4n) is 2.16. The second-order valence-corrected chi connectivity index (χ2v) is 4.06. The van der Waals surface area contributed by atoms with Crippen LogP contribution in [-0.2, 0) is 14.3 Å². The molecule has 0 spiro atoms. The summed E-state index contributed by atoms with van der Waals surface area (Å²) in [4.78, 5) is 13.0. The van der Waals surface area contributed by atoms with Gasteiger partial charge in [-0.15, -0.1) is 0 Å². The second kappa shape index (κ2) is 4.92. The minimum atomic E-state index is -0.864. The lowest BCUT2D eigenvalue weighted by Gasteiger charge is -2.38. The summed E-state index contributed by atoms with van der Waals surface area (Å²) >= 11 is 0. The normalized spacial score (nSPS) is 33.9. The average Bonchev–Trinajstić information content (AvgIpc) is 2.30. The molecule has 15 heavy (non-hydrogen) atoms. The fourth-order valence-corrected chi connectivity index (χ4v) is 2.16. The number of carboxylic acids is 1. The van der Waals surface area contributed by atoms with Crippen molar-refractivity contribution in [3.8, 4) is 0 Å². The van der Waals surface area contributed by atoms with Crippen LogP contribution in [0.2, 0.25) is 0 Å². The summed E-state index contributed by atoms with van der Waals surface area (Å²) in [6.45, 7) is 3.38. The Balaban J connectivity index is 1.88. The third kappa shape index (κ3) is 2.68. The lowest BCUT2D eigenvalue weighted by Crippen LogP contribution is -2.52. The minimum Gasteiger partial charge on any atom is -0.479 e. The van der Waals surface area contributed by atoms with Crippen molar-refractivity contribution in [2.75, 3.05) is 32.9 Å². The number of morpholine rings is 1. The fraction of sp³-hybridized carbons (Fsp3) is 0.900. The van der Waals surface area contributed by atoms with Crippen LogP contribution in [0.4, 0.5) is 0 Å². The van der Waals surface area contributed by atoms with Crippen molar-refractivity contribution >= 4 is 5.97 Å². The Morgan fingerprint density at radius 2 is 2.27 bits per heavy atom. The summed E-state index contributed by atoms with van der Waals surface area (Å²) in [5, 5.41) is 8.87. The smallest absolute Gasteiger partial charge is 0.334 e. The molecule has 2 heterocycles. The quantitative estimate of drug-likeness (QED) is 0.700. The zero-order chi connectivity index (χ0) is 10.7. The molecule has 2 aliphatic rings. The van der Waals surface area contributed by atoms with Crippen LogP contribution in [0.3, 0.4) is 0 Å². The predicted molar refractivity (Wildman–Crippen MR) is 52.8 cm³/mol. The van der Waals surface area contributed by atoms with Gasteiger partial charge in [0.25, 0.3) is 0 Å². The molecule has 2 rings (SSSR count). The molecule has 5 nitrogen and oxygen atoms in total. The Kier molecular flexibility index (Phi) is 3.56. The molecule has 86 valence electrons. The Morgan fingerprint density at radius 1 is 1.40 bits per heavy atom. The van der Waals surface area contributed by atoms with Gasteiger partial charge in [-0.1, -0.05) is 0 Å². The number of aliphatic carboxylic acids is 1. The minimum absolute atomic E-state index is 0.379. The molecule has 5 heteroatoms. The van der Waals surface area contributed by atoms with Gasteiger partial charge in [0.1, 0.15) is 0 Å². The van der Waals surface area contributed by atoms with Crippen molar-refractivity contribution in [3.05, 3.63) is 0 Å². The van der Waals surface area contributed by atoms with Crippen LogP contribution in [0, 0.1) is 0 Å². The van der Waals surface area contributed by atoms with Gasteiger partial charge in [0.2, 0.25) is 0 Å². The predicted octanol–water partition coefficient (Wildman–Crippen LogP) is -0.0492. The molecule has 0 aliphatic carbocycles.